The molecule has 11 heteroatoms. The fraction of sp³-hybridized carbons (Fsp3) is 0. The van der Waals surface area contributed by atoms with Crippen LogP contribution in [0.3, 0.4) is 0 Å². The summed E-state index contributed by atoms with van der Waals surface area (Å²) in [6, 6.07) is 0. The molecule has 0 unspecified atom stereocenters. The second kappa shape index (κ2) is 4.20. The Morgan fingerprint density at radius 1 is 0.818 bits per heavy atom. The molecule has 0 saturated carbocycles. The third-order valence-corrected chi connectivity index (χ3v) is 9.14. The molecular formula is H2O6S5. The summed E-state index contributed by atoms with van der Waals surface area (Å²) in [5.74, 6) is 0. The van der Waals surface area contributed by atoms with Gasteiger partial charge in [0.05, 0.1) is 19.7 Å². The first kappa shape index (κ1) is 11.9. The summed E-state index contributed by atoms with van der Waals surface area (Å²) in [7, 11) is -8.44. The molecule has 11 heavy (non-hydrogen) atoms. The second-order valence-electron chi connectivity index (χ2n) is 1.06. The Labute approximate surface area is 73.6 Å². The average Bonchev–Trinajstić information content (AvgIpc) is 1.55. The van der Waals surface area contributed by atoms with E-state index in [1.165, 1.54) is 0 Å². The first-order chi connectivity index (χ1) is 4.71. The van der Waals surface area contributed by atoms with E-state index in [9.17, 15) is 16.8 Å². The minimum atomic E-state index is -4.26. The maximum absolute atomic E-state index is 9.92. The molecular weight excluding hydrogens is 256 g/mol. The number of hydrogen-bond donors (Lipinski definition) is 2. The van der Waals surface area contributed by atoms with E-state index in [1.54, 1.807) is 0 Å². The van der Waals surface area contributed by atoms with Crippen molar-refractivity contribution in [1.82, 2.24) is 0 Å². The van der Waals surface area contributed by atoms with Crippen molar-refractivity contribution in [2.45, 2.75) is 0 Å². The lowest BCUT2D eigenvalue weighted by molar-refractivity contribution is 0.501. The normalized spacial score (nSPS) is 13.3. The third-order valence-electron chi connectivity index (χ3n) is 0.228. The van der Waals surface area contributed by atoms with Gasteiger partial charge >= 0.3 is 18.3 Å². The number of hydrogen-bond acceptors (Lipinski definition) is 7. The van der Waals surface area contributed by atoms with Crippen molar-refractivity contribution in [1.29, 1.82) is 0 Å². The molecule has 0 aromatic rings. The van der Waals surface area contributed by atoms with E-state index < -0.39 is 18.3 Å². The van der Waals surface area contributed by atoms with Crippen LogP contribution in [-0.2, 0) is 18.3 Å². The van der Waals surface area contributed by atoms with Crippen LogP contribution >= 0.6 is 29.5 Å². The van der Waals surface area contributed by atoms with E-state index in [0.717, 1.165) is 0 Å². The molecule has 0 aromatic carbocycles. The van der Waals surface area contributed by atoms with Gasteiger partial charge in [-0.2, -0.15) is 16.8 Å². The molecule has 0 atom stereocenters. The lowest BCUT2D eigenvalue weighted by atomic mass is 15.9. The highest BCUT2D eigenvalue weighted by Gasteiger charge is 2.12. The van der Waals surface area contributed by atoms with Crippen LogP contribution in [0.4, 0.5) is 0 Å². The van der Waals surface area contributed by atoms with Gasteiger partial charge in [-0.25, -0.2) is 0 Å². The van der Waals surface area contributed by atoms with Crippen LogP contribution in [0, 0.1) is 0 Å². The van der Waals surface area contributed by atoms with E-state index in [0.29, 0.717) is 0 Å². The fourth-order valence-electron chi connectivity index (χ4n) is 0.0815. The van der Waals surface area contributed by atoms with Gasteiger partial charge in [0, 0.05) is 9.83 Å². The molecule has 0 aliphatic heterocycles. The molecule has 6 nitrogen and oxygen atoms in total. The lowest BCUT2D eigenvalue weighted by Crippen LogP contribution is -1.87. The molecule has 0 rings (SSSR count). The Morgan fingerprint density at radius 3 is 1.27 bits per heavy atom. The van der Waals surface area contributed by atoms with Gasteiger partial charge in [-0.05, 0) is 0 Å². The summed E-state index contributed by atoms with van der Waals surface area (Å²) in [5.41, 5.74) is 0. The van der Waals surface area contributed by atoms with Crippen molar-refractivity contribution in [2.75, 3.05) is 0 Å². The van der Waals surface area contributed by atoms with E-state index >= 15 is 0 Å². The molecule has 0 radical (unpaired) electrons. The smallest absolute Gasteiger partial charge is 0.277 e. The van der Waals surface area contributed by atoms with E-state index in [1.807, 2.05) is 0 Å². The first-order valence-corrected chi connectivity index (χ1v) is 9.10. The fourth-order valence-corrected chi connectivity index (χ4v) is 8.44. The van der Waals surface area contributed by atoms with Gasteiger partial charge in [0.1, 0.15) is 0 Å². The molecule has 0 aliphatic rings. The Bertz CT molecular complexity index is 260. The minimum absolute atomic E-state index is 0.0713. The molecule has 0 saturated heterocycles. The van der Waals surface area contributed by atoms with Gasteiger partial charge in [-0.3, -0.25) is 9.11 Å². The third kappa shape index (κ3) is 10.9. The summed E-state index contributed by atoms with van der Waals surface area (Å²) >= 11 is 0. The zero-order chi connectivity index (χ0) is 9.12. The topological polar surface area (TPSA) is 109 Å². The van der Waals surface area contributed by atoms with Crippen LogP contribution in [0.2, 0.25) is 0 Å². The van der Waals surface area contributed by atoms with Crippen LogP contribution in [0.15, 0.2) is 0 Å². The van der Waals surface area contributed by atoms with Crippen molar-refractivity contribution < 1.29 is 25.9 Å². The Balaban J connectivity index is 3.79. The van der Waals surface area contributed by atoms with Gasteiger partial charge < -0.3 is 0 Å². The number of rotatable bonds is 4. The summed E-state index contributed by atoms with van der Waals surface area (Å²) in [4.78, 5) is 0. The molecule has 0 amide bonds. The summed E-state index contributed by atoms with van der Waals surface area (Å²) in [6.07, 6.45) is 0. The highest BCUT2D eigenvalue weighted by Crippen LogP contribution is 2.40. The van der Waals surface area contributed by atoms with E-state index in [-0.39, 0.29) is 29.5 Å². The SMILES string of the molecule is O=S(=O)(O)SSSS(=O)(=O)O. The van der Waals surface area contributed by atoms with Gasteiger partial charge in [0.25, 0.3) is 0 Å². The molecule has 0 aromatic heterocycles. The Kier molecular flexibility index (Phi) is 4.54. The highest BCUT2D eigenvalue weighted by atomic mass is 33.8. The zero-order valence-electron chi connectivity index (χ0n) is 4.57. The van der Waals surface area contributed by atoms with Gasteiger partial charge in [0.2, 0.25) is 0 Å². The van der Waals surface area contributed by atoms with Crippen molar-refractivity contribution >= 4 is 47.8 Å². The summed E-state index contributed by atoms with van der Waals surface area (Å²) in [5, 5.41) is 0. The molecule has 0 heterocycles. The van der Waals surface area contributed by atoms with E-state index in [4.69, 9.17) is 9.11 Å². The standard InChI is InChI=1S/H2O6S5/c1-10(2,3)8-7-9-11(4,5)6/h(H,1,2,3)(H,4,5,6). The predicted octanol–water partition coefficient (Wildman–Crippen LogP) is 0.622. The van der Waals surface area contributed by atoms with Crippen LogP contribution in [0.25, 0.3) is 0 Å². The van der Waals surface area contributed by atoms with Crippen molar-refractivity contribution in [2.24, 2.45) is 0 Å². The van der Waals surface area contributed by atoms with Crippen LogP contribution in [0.5, 0.6) is 0 Å². The maximum Gasteiger partial charge on any atom is 0.330 e. The van der Waals surface area contributed by atoms with Crippen molar-refractivity contribution in [3.05, 3.63) is 0 Å². The van der Waals surface area contributed by atoms with Crippen LogP contribution in [-0.4, -0.2) is 25.9 Å². The van der Waals surface area contributed by atoms with E-state index in [2.05, 4.69) is 0 Å². The molecule has 68 valence electrons. The van der Waals surface area contributed by atoms with Crippen molar-refractivity contribution in [3.8, 4) is 0 Å². The molecule has 0 fully saturated rings. The molecule has 0 aliphatic carbocycles. The predicted molar refractivity (Wildman–Crippen MR) is 45.9 cm³/mol. The first-order valence-electron chi connectivity index (χ1n) is 1.70. The van der Waals surface area contributed by atoms with Crippen molar-refractivity contribution in [3.63, 3.8) is 0 Å². The van der Waals surface area contributed by atoms with Gasteiger partial charge in [0.15, 0.2) is 0 Å². The second-order valence-corrected chi connectivity index (χ2v) is 10.6. The Hall–Kier alpha value is 0.870. The van der Waals surface area contributed by atoms with Gasteiger partial charge in [-0.15, -0.1) is 0 Å². The largest absolute Gasteiger partial charge is 0.330 e. The lowest BCUT2D eigenvalue weighted by Gasteiger charge is -1.91. The van der Waals surface area contributed by atoms with Crippen LogP contribution < -0.4 is 0 Å². The quantitative estimate of drug-likeness (QED) is 0.554. The monoisotopic (exact) mass is 258 g/mol. The Morgan fingerprint density at radius 2 is 1.09 bits per heavy atom. The average molecular weight is 258 g/mol. The summed E-state index contributed by atoms with van der Waals surface area (Å²) in [6.45, 7) is 0. The maximum atomic E-state index is 9.92. The minimum Gasteiger partial charge on any atom is -0.277 e. The van der Waals surface area contributed by atoms with Gasteiger partial charge in [-0.1, -0.05) is 0 Å². The molecule has 0 spiro atoms. The molecule has 2 N–H and O–H groups in total. The highest BCUT2D eigenvalue weighted by molar-refractivity contribution is 9.33. The summed E-state index contributed by atoms with van der Waals surface area (Å²) < 4.78 is 55.8. The molecule has 0 bridgehead atoms. The zero-order valence-corrected chi connectivity index (χ0v) is 8.65. The van der Waals surface area contributed by atoms with Crippen LogP contribution in [0.1, 0.15) is 0 Å².